The molecule has 0 saturated heterocycles. The van der Waals surface area contributed by atoms with Gasteiger partial charge in [-0.15, -0.1) is 0 Å². The van der Waals surface area contributed by atoms with Crippen LogP contribution >= 0.6 is 0 Å². The van der Waals surface area contributed by atoms with Crippen molar-refractivity contribution in [1.29, 1.82) is 0 Å². The molecule has 0 aromatic heterocycles. The second kappa shape index (κ2) is 7.91. The molecule has 1 aromatic rings. The Morgan fingerprint density at radius 3 is 2.05 bits per heavy atom. The zero-order chi connectivity index (χ0) is 15.9. The summed E-state index contributed by atoms with van der Waals surface area (Å²) in [5.41, 5.74) is 1.03. The largest absolute Gasteiger partial charge is 0.270 e. The average molecular weight is 334 g/mol. The van der Waals surface area contributed by atoms with Crippen molar-refractivity contribution in [3.8, 4) is 0 Å². The summed E-state index contributed by atoms with van der Waals surface area (Å²) in [5, 5.41) is 0. The van der Waals surface area contributed by atoms with Crippen LogP contribution in [0.5, 0.6) is 0 Å². The van der Waals surface area contributed by atoms with Crippen LogP contribution in [0.15, 0.2) is 29.2 Å². The van der Waals surface area contributed by atoms with Gasteiger partial charge in [0.15, 0.2) is 9.84 Å². The predicted octanol–water partition coefficient (Wildman–Crippen LogP) is 2.31. The van der Waals surface area contributed by atoms with Gasteiger partial charge < -0.3 is 0 Å². The first-order valence-electron chi connectivity index (χ1n) is 6.84. The first-order chi connectivity index (χ1) is 9.71. The molecule has 0 atom stereocenters. The molecule has 0 amide bonds. The number of rotatable bonds is 9. The third kappa shape index (κ3) is 7.59. The molecule has 1 rings (SSSR count). The molecule has 0 fully saturated rings. The fraction of sp³-hybridized carbons (Fsp3) is 0.571. The summed E-state index contributed by atoms with van der Waals surface area (Å²) in [7, 11) is -6.60. The van der Waals surface area contributed by atoms with Gasteiger partial charge in [0.05, 0.1) is 23.5 Å². The summed E-state index contributed by atoms with van der Waals surface area (Å²) in [6.45, 7) is 2.07. The van der Waals surface area contributed by atoms with Gasteiger partial charge in [0.25, 0.3) is 10.1 Å². The van der Waals surface area contributed by atoms with E-state index in [0.717, 1.165) is 24.7 Å². The number of aryl methyl sites for hydroxylation is 1. The van der Waals surface area contributed by atoms with Crippen LogP contribution in [-0.4, -0.2) is 35.5 Å². The monoisotopic (exact) mass is 334 g/mol. The second-order valence-corrected chi connectivity index (χ2v) is 8.83. The number of unbranched alkanes of at least 4 members (excludes halogenated alkanes) is 3. The lowest BCUT2D eigenvalue weighted by Gasteiger charge is -2.05. The number of hydrogen-bond acceptors (Lipinski definition) is 5. The number of hydrogen-bond donors (Lipinski definition) is 0. The molecule has 0 radical (unpaired) electrons. The van der Waals surface area contributed by atoms with Crippen molar-refractivity contribution in [3.05, 3.63) is 29.8 Å². The molecular weight excluding hydrogens is 312 g/mol. The van der Waals surface area contributed by atoms with E-state index in [1.165, 1.54) is 0 Å². The third-order valence-corrected chi connectivity index (χ3v) is 5.40. The minimum absolute atomic E-state index is 0.114. The van der Waals surface area contributed by atoms with Crippen LogP contribution in [0.2, 0.25) is 0 Å². The Bertz CT molecular complexity index is 630. The molecular formula is C14H22O5S2. The molecule has 5 nitrogen and oxygen atoms in total. The predicted molar refractivity (Wildman–Crippen MR) is 82.5 cm³/mol. The molecule has 0 spiro atoms. The zero-order valence-electron chi connectivity index (χ0n) is 12.4. The normalized spacial score (nSPS) is 12.5. The molecule has 0 aliphatic rings. The molecule has 120 valence electrons. The fourth-order valence-electron chi connectivity index (χ4n) is 1.82. The van der Waals surface area contributed by atoms with Crippen LogP contribution in [0.1, 0.15) is 31.2 Å². The van der Waals surface area contributed by atoms with E-state index in [4.69, 9.17) is 0 Å². The van der Waals surface area contributed by atoms with Gasteiger partial charge in [0.2, 0.25) is 0 Å². The summed E-state index contributed by atoms with van der Waals surface area (Å²) in [4.78, 5) is 0.355. The van der Waals surface area contributed by atoms with Crippen molar-refractivity contribution in [3.63, 3.8) is 0 Å². The lowest BCUT2D eigenvalue weighted by atomic mass is 10.2. The lowest BCUT2D eigenvalue weighted by molar-refractivity contribution is 0.310. The van der Waals surface area contributed by atoms with E-state index >= 15 is 0 Å². The summed E-state index contributed by atoms with van der Waals surface area (Å²) >= 11 is 0. The Balaban J connectivity index is 2.27. The van der Waals surface area contributed by atoms with E-state index < -0.39 is 20.0 Å². The summed E-state index contributed by atoms with van der Waals surface area (Å²) in [6.07, 6.45) is 3.67. The molecule has 0 unspecified atom stereocenters. The standard InChI is InChI=1S/C14H22O5S2/c1-13-7-9-14(10-8-13)21(17,18)12-6-4-3-5-11-19-20(2,15)16/h7-10H,3-6,11-12H2,1-2H3. The minimum atomic E-state index is -3.38. The van der Waals surface area contributed by atoms with Gasteiger partial charge in [-0.1, -0.05) is 30.5 Å². The Kier molecular flexibility index (Phi) is 6.83. The van der Waals surface area contributed by atoms with Crippen LogP contribution in [0, 0.1) is 6.92 Å². The molecule has 21 heavy (non-hydrogen) atoms. The van der Waals surface area contributed by atoms with E-state index in [0.29, 0.717) is 17.7 Å². The van der Waals surface area contributed by atoms with Crippen LogP contribution in [0.4, 0.5) is 0 Å². The van der Waals surface area contributed by atoms with Gasteiger partial charge in [0, 0.05) is 0 Å². The smallest absolute Gasteiger partial charge is 0.264 e. The molecule has 0 aliphatic heterocycles. The maximum atomic E-state index is 12.1. The van der Waals surface area contributed by atoms with Gasteiger partial charge in [-0.25, -0.2) is 8.42 Å². The highest BCUT2D eigenvalue weighted by Crippen LogP contribution is 2.14. The first-order valence-corrected chi connectivity index (χ1v) is 10.3. The van der Waals surface area contributed by atoms with E-state index in [1.54, 1.807) is 24.3 Å². The SMILES string of the molecule is Cc1ccc(S(=O)(=O)CCCCCCOS(C)(=O)=O)cc1. The molecule has 0 saturated carbocycles. The fourth-order valence-corrected chi connectivity index (χ4v) is 3.61. The zero-order valence-corrected chi connectivity index (χ0v) is 14.0. The average Bonchev–Trinajstić information content (AvgIpc) is 2.36. The number of benzene rings is 1. The van der Waals surface area contributed by atoms with Crippen LogP contribution in [-0.2, 0) is 24.1 Å². The van der Waals surface area contributed by atoms with Gasteiger partial charge in [0.1, 0.15) is 0 Å². The van der Waals surface area contributed by atoms with E-state index in [2.05, 4.69) is 4.18 Å². The van der Waals surface area contributed by atoms with Crippen LogP contribution in [0.3, 0.4) is 0 Å². The minimum Gasteiger partial charge on any atom is -0.270 e. The van der Waals surface area contributed by atoms with E-state index in [9.17, 15) is 16.8 Å². The van der Waals surface area contributed by atoms with Crippen molar-refractivity contribution < 1.29 is 21.0 Å². The molecule has 0 aliphatic carbocycles. The second-order valence-electron chi connectivity index (χ2n) is 5.07. The van der Waals surface area contributed by atoms with Crippen molar-refractivity contribution >= 4 is 20.0 Å². The molecule has 0 N–H and O–H groups in total. The Hall–Kier alpha value is -0.920. The van der Waals surface area contributed by atoms with Crippen LogP contribution < -0.4 is 0 Å². The van der Waals surface area contributed by atoms with Crippen molar-refractivity contribution in [2.45, 2.75) is 37.5 Å². The highest BCUT2D eigenvalue weighted by molar-refractivity contribution is 7.91. The van der Waals surface area contributed by atoms with Crippen molar-refractivity contribution in [1.82, 2.24) is 0 Å². The molecule has 1 aromatic carbocycles. The van der Waals surface area contributed by atoms with Crippen LogP contribution in [0.25, 0.3) is 0 Å². The summed E-state index contributed by atoms with van der Waals surface area (Å²) in [5.74, 6) is 0.114. The summed E-state index contributed by atoms with van der Waals surface area (Å²) < 4.78 is 50.2. The first kappa shape index (κ1) is 18.1. The Morgan fingerprint density at radius 2 is 1.48 bits per heavy atom. The summed E-state index contributed by atoms with van der Waals surface area (Å²) in [6, 6.07) is 6.83. The van der Waals surface area contributed by atoms with Gasteiger partial charge in [-0.3, -0.25) is 4.18 Å². The Morgan fingerprint density at radius 1 is 0.905 bits per heavy atom. The maximum absolute atomic E-state index is 12.1. The van der Waals surface area contributed by atoms with Gasteiger partial charge in [-0.2, -0.15) is 8.42 Å². The quantitative estimate of drug-likeness (QED) is 0.511. The van der Waals surface area contributed by atoms with Crippen molar-refractivity contribution in [2.24, 2.45) is 0 Å². The topological polar surface area (TPSA) is 77.5 Å². The Labute approximate surface area is 127 Å². The maximum Gasteiger partial charge on any atom is 0.264 e. The number of sulfone groups is 1. The van der Waals surface area contributed by atoms with E-state index in [1.807, 2.05) is 6.92 Å². The lowest BCUT2D eigenvalue weighted by Crippen LogP contribution is -2.07. The van der Waals surface area contributed by atoms with Gasteiger partial charge in [-0.05, 0) is 31.9 Å². The van der Waals surface area contributed by atoms with Crippen molar-refractivity contribution in [2.75, 3.05) is 18.6 Å². The molecule has 0 heterocycles. The highest BCUT2D eigenvalue weighted by Gasteiger charge is 2.13. The highest BCUT2D eigenvalue weighted by atomic mass is 32.2. The third-order valence-electron chi connectivity index (χ3n) is 2.98. The van der Waals surface area contributed by atoms with Gasteiger partial charge >= 0.3 is 0 Å². The van der Waals surface area contributed by atoms with E-state index in [-0.39, 0.29) is 12.4 Å². The molecule has 0 bridgehead atoms. The molecule has 7 heteroatoms.